The zero-order chi connectivity index (χ0) is 13.2. The van der Waals surface area contributed by atoms with Gasteiger partial charge in [-0.2, -0.15) is 0 Å². The second-order valence-corrected chi connectivity index (χ2v) is 5.70. The highest BCUT2D eigenvalue weighted by molar-refractivity contribution is 5.91. The molecule has 4 N–H and O–H groups in total. The van der Waals surface area contributed by atoms with E-state index in [-0.39, 0.29) is 30.1 Å². The molecule has 2 amide bonds. The van der Waals surface area contributed by atoms with Gasteiger partial charge < -0.3 is 16.4 Å². The summed E-state index contributed by atoms with van der Waals surface area (Å²) in [5.74, 6) is -0.0698. The van der Waals surface area contributed by atoms with Crippen molar-refractivity contribution in [1.82, 2.24) is 10.6 Å². The highest BCUT2D eigenvalue weighted by Crippen LogP contribution is 2.29. The topological polar surface area (TPSA) is 84.2 Å². The Morgan fingerprint density at radius 2 is 1.84 bits per heavy atom. The lowest BCUT2D eigenvalue weighted by atomic mass is 9.80. The van der Waals surface area contributed by atoms with E-state index in [4.69, 9.17) is 5.73 Å². The zero-order valence-corrected chi connectivity index (χ0v) is 12.2. The average Bonchev–Trinajstić information content (AvgIpc) is 2.27. The van der Waals surface area contributed by atoms with E-state index in [1.165, 1.54) is 0 Å². The molecule has 0 aromatic carbocycles. The largest absolute Gasteiger partial charge is 0.368 e. The third kappa shape index (κ3) is 3.39. The molecule has 2 rings (SSSR count). The first-order chi connectivity index (χ1) is 8.55. The van der Waals surface area contributed by atoms with Crippen molar-refractivity contribution in [2.24, 2.45) is 17.6 Å². The molecule has 1 saturated heterocycles. The SMILES string of the molecule is CC(C(=O)NC1(C(N)=O)CCCCC1)C1CNC1.Cl. The summed E-state index contributed by atoms with van der Waals surface area (Å²) in [5.41, 5.74) is 4.72. The van der Waals surface area contributed by atoms with Crippen molar-refractivity contribution in [3.05, 3.63) is 0 Å². The minimum absolute atomic E-state index is 0. The van der Waals surface area contributed by atoms with Gasteiger partial charge >= 0.3 is 0 Å². The van der Waals surface area contributed by atoms with E-state index in [9.17, 15) is 9.59 Å². The van der Waals surface area contributed by atoms with Crippen LogP contribution in [0.1, 0.15) is 39.0 Å². The van der Waals surface area contributed by atoms with Crippen LogP contribution in [0.3, 0.4) is 0 Å². The maximum atomic E-state index is 12.2. The fourth-order valence-corrected chi connectivity index (χ4v) is 2.82. The normalized spacial score (nSPS) is 23.6. The Balaban J connectivity index is 0.00000180. The summed E-state index contributed by atoms with van der Waals surface area (Å²) in [7, 11) is 0. The van der Waals surface area contributed by atoms with Gasteiger partial charge in [0.15, 0.2) is 0 Å². The van der Waals surface area contributed by atoms with E-state index in [2.05, 4.69) is 10.6 Å². The predicted molar refractivity (Wildman–Crippen MR) is 75.9 cm³/mol. The van der Waals surface area contributed by atoms with E-state index in [0.29, 0.717) is 18.8 Å². The number of carbonyl (C=O) groups is 2. The first-order valence-corrected chi connectivity index (χ1v) is 6.88. The Bertz CT molecular complexity index is 339. The molecule has 6 heteroatoms. The molecule has 19 heavy (non-hydrogen) atoms. The highest BCUT2D eigenvalue weighted by atomic mass is 35.5. The predicted octanol–water partition coefficient (Wildman–Crippen LogP) is 0.568. The van der Waals surface area contributed by atoms with Crippen molar-refractivity contribution in [1.29, 1.82) is 0 Å². The molecule has 1 atom stereocenters. The number of nitrogens with one attached hydrogen (secondary N) is 2. The van der Waals surface area contributed by atoms with Crippen LogP contribution in [0.4, 0.5) is 0 Å². The van der Waals surface area contributed by atoms with Crippen LogP contribution in [-0.4, -0.2) is 30.4 Å². The molecule has 0 aromatic heterocycles. The number of primary amides is 1. The number of rotatable bonds is 4. The molecule has 2 fully saturated rings. The van der Waals surface area contributed by atoms with Crippen molar-refractivity contribution in [3.8, 4) is 0 Å². The molecular weight excluding hydrogens is 266 g/mol. The van der Waals surface area contributed by atoms with Gasteiger partial charge in [0.05, 0.1) is 0 Å². The number of hydrogen-bond donors (Lipinski definition) is 3. The third-order valence-electron chi connectivity index (χ3n) is 4.47. The molecule has 1 unspecified atom stereocenters. The Hall–Kier alpha value is -0.810. The van der Waals surface area contributed by atoms with Gasteiger partial charge in [0, 0.05) is 5.92 Å². The quantitative estimate of drug-likeness (QED) is 0.707. The lowest BCUT2D eigenvalue weighted by Gasteiger charge is -2.38. The fourth-order valence-electron chi connectivity index (χ4n) is 2.82. The van der Waals surface area contributed by atoms with Crippen LogP contribution >= 0.6 is 12.4 Å². The lowest BCUT2D eigenvalue weighted by Crippen LogP contribution is -2.61. The third-order valence-corrected chi connectivity index (χ3v) is 4.47. The van der Waals surface area contributed by atoms with Crippen molar-refractivity contribution in [2.75, 3.05) is 13.1 Å². The summed E-state index contributed by atoms with van der Waals surface area (Å²) >= 11 is 0. The van der Waals surface area contributed by atoms with Crippen LogP contribution in [0.25, 0.3) is 0 Å². The molecule has 1 aliphatic carbocycles. The van der Waals surface area contributed by atoms with Crippen LogP contribution in [0.5, 0.6) is 0 Å². The smallest absolute Gasteiger partial charge is 0.243 e. The highest BCUT2D eigenvalue weighted by Gasteiger charge is 2.41. The fraction of sp³-hybridized carbons (Fsp3) is 0.846. The van der Waals surface area contributed by atoms with Gasteiger partial charge in [0.25, 0.3) is 0 Å². The Labute approximate surface area is 120 Å². The monoisotopic (exact) mass is 289 g/mol. The van der Waals surface area contributed by atoms with Crippen molar-refractivity contribution in [2.45, 2.75) is 44.6 Å². The van der Waals surface area contributed by atoms with E-state index in [1.807, 2.05) is 6.92 Å². The second-order valence-electron chi connectivity index (χ2n) is 5.70. The standard InChI is InChI=1S/C13H23N3O2.ClH/c1-9(10-7-15-8-10)11(17)16-13(12(14)18)5-3-2-4-6-13;/h9-10,15H,2-8H2,1H3,(H2,14,18)(H,16,17);1H. The number of amides is 2. The van der Waals surface area contributed by atoms with E-state index < -0.39 is 5.54 Å². The molecule has 0 bridgehead atoms. The van der Waals surface area contributed by atoms with Crippen LogP contribution < -0.4 is 16.4 Å². The molecule has 5 nitrogen and oxygen atoms in total. The van der Waals surface area contributed by atoms with Gasteiger partial charge in [0.2, 0.25) is 11.8 Å². The zero-order valence-electron chi connectivity index (χ0n) is 11.4. The summed E-state index contributed by atoms with van der Waals surface area (Å²) in [4.78, 5) is 23.9. The second kappa shape index (κ2) is 6.57. The lowest BCUT2D eigenvalue weighted by molar-refractivity contribution is -0.136. The Morgan fingerprint density at radius 3 is 2.26 bits per heavy atom. The minimum Gasteiger partial charge on any atom is -0.368 e. The van der Waals surface area contributed by atoms with Gasteiger partial charge in [0.1, 0.15) is 5.54 Å². The Morgan fingerprint density at radius 1 is 1.26 bits per heavy atom. The minimum atomic E-state index is -0.791. The molecule has 0 radical (unpaired) electrons. The molecular formula is C13H24ClN3O2. The van der Waals surface area contributed by atoms with E-state index in [0.717, 1.165) is 32.4 Å². The number of nitrogens with two attached hydrogens (primary N) is 1. The summed E-state index contributed by atoms with van der Waals surface area (Å²) in [5, 5.41) is 6.10. The first kappa shape index (κ1) is 16.2. The summed E-state index contributed by atoms with van der Waals surface area (Å²) in [6, 6.07) is 0. The van der Waals surface area contributed by atoms with Crippen LogP contribution in [0.2, 0.25) is 0 Å². The summed E-state index contributed by atoms with van der Waals surface area (Å²) < 4.78 is 0. The van der Waals surface area contributed by atoms with Crippen molar-refractivity contribution in [3.63, 3.8) is 0 Å². The molecule has 0 spiro atoms. The van der Waals surface area contributed by atoms with Crippen LogP contribution in [-0.2, 0) is 9.59 Å². The number of hydrogen-bond acceptors (Lipinski definition) is 3. The summed E-state index contributed by atoms with van der Waals surface area (Å²) in [6.07, 6.45) is 4.41. The first-order valence-electron chi connectivity index (χ1n) is 6.88. The van der Waals surface area contributed by atoms with Crippen LogP contribution in [0.15, 0.2) is 0 Å². The van der Waals surface area contributed by atoms with Crippen molar-refractivity contribution < 1.29 is 9.59 Å². The Kier molecular flexibility index (Phi) is 5.62. The molecule has 1 aliphatic heterocycles. The maximum absolute atomic E-state index is 12.2. The van der Waals surface area contributed by atoms with Crippen LogP contribution in [0, 0.1) is 11.8 Å². The van der Waals surface area contributed by atoms with Gasteiger partial charge in [-0.05, 0) is 31.8 Å². The van der Waals surface area contributed by atoms with Gasteiger partial charge in [-0.3, -0.25) is 9.59 Å². The maximum Gasteiger partial charge on any atom is 0.243 e. The summed E-state index contributed by atoms with van der Waals surface area (Å²) in [6.45, 7) is 3.70. The molecule has 1 saturated carbocycles. The van der Waals surface area contributed by atoms with Crippen molar-refractivity contribution >= 4 is 24.2 Å². The van der Waals surface area contributed by atoms with Gasteiger partial charge in [-0.1, -0.05) is 26.2 Å². The molecule has 110 valence electrons. The number of carbonyl (C=O) groups excluding carboxylic acids is 2. The molecule has 1 heterocycles. The number of halogens is 1. The van der Waals surface area contributed by atoms with E-state index in [1.54, 1.807) is 0 Å². The molecule has 0 aromatic rings. The molecule has 2 aliphatic rings. The van der Waals surface area contributed by atoms with Gasteiger partial charge in [-0.25, -0.2) is 0 Å². The van der Waals surface area contributed by atoms with E-state index >= 15 is 0 Å². The average molecular weight is 290 g/mol. The van der Waals surface area contributed by atoms with Gasteiger partial charge in [-0.15, -0.1) is 12.4 Å².